The zero-order chi connectivity index (χ0) is 25.8. The molecule has 0 aliphatic rings. The van der Waals surface area contributed by atoms with Crippen molar-refractivity contribution in [2.24, 2.45) is 5.92 Å². The molecule has 35 heavy (non-hydrogen) atoms. The molecule has 0 heterocycles. The highest BCUT2D eigenvalue weighted by molar-refractivity contribution is 7.87. The fourth-order valence-electron chi connectivity index (χ4n) is 3.34. The van der Waals surface area contributed by atoms with Gasteiger partial charge in [0.15, 0.2) is 0 Å². The number of carbonyl (C=O) groups excluding carboxylic acids is 1. The largest absolute Gasteiger partial charge is 0.416 e. The van der Waals surface area contributed by atoms with E-state index in [1.807, 2.05) is 13.8 Å². The van der Waals surface area contributed by atoms with Crippen molar-refractivity contribution in [3.63, 3.8) is 0 Å². The number of halogens is 4. The molecule has 0 saturated carbocycles. The van der Waals surface area contributed by atoms with Crippen molar-refractivity contribution < 1.29 is 35.0 Å². The second kappa shape index (κ2) is 10.5. The summed E-state index contributed by atoms with van der Waals surface area (Å²) >= 11 is 0. The number of rotatable bonds is 8. The molecule has 0 saturated heterocycles. The van der Waals surface area contributed by atoms with Gasteiger partial charge in [0, 0.05) is 18.7 Å². The second-order valence-electron chi connectivity index (χ2n) is 8.30. The Balaban J connectivity index is 1.76. The standard InChI is InChI=1S/C25H23F4NO4S/c1-17(2)15-30(24(31)19-5-3-7-21(26)13-19)16-18-9-11-22(12-10-18)34-35(32,33)23-8-4-6-20(14-23)25(27,28)29/h3-14,17H,15-16H2,1-2H3. The van der Waals surface area contributed by atoms with Crippen LogP contribution in [0.5, 0.6) is 5.75 Å². The zero-order valence-electron chi connectivity index (χ0n) is 18.9. The molecule has 3 aromatic rings. The molecule has 0 unspecified atom stereocenters. The summed E-state index contributed by atoms with van der Waals surface area (Å²) in [5, 5.41) is 0. The van der Waals surface area contributed by atoms with E-state index in [0.29, 0.717) is 18.2 Å². The third-order valence-electron chi connectivity index (χ3n) is 4.90. The van der Waals surface area contributed by atoms with Gasteiger partial charge >= 0.3 is 16.3 Å². The molecule has 5 nitrogen and oxygen atoms in total. The van der Waals surface area contributed by atoms with Gasteiger partial charge in [-0.15, -0.1) is 0 Å². The molecule has 0 fully saturated rings. The van der Waals surface area contributed by atoms with Crippen LogP contribution >= 0.6 is 0 Å². The molecule has 0 N–H and O–H groups in total. The third-order valence-corrected chi connectivity index (χ3v) is 6.14. The number of hydrogen-bond acceptors (Lipinski definition) is 4. The van der Waals surface area contributed by atoms with E-state index in [0.717, 1.165) is 24.3 Å². The van der Waals surface area contributed by atoms with Crippen molar-refractivity contribution in [3.05, 3.63) is 95.3 Å². The molecule has 0 spiro atoms. The summed E-state index contributed by atoms with van der Waals surface area (Å²) in [6.07, 6.45) is -4.70. The minimum absolute atomic E-state index is 0.0990. The van der Waals surface area contributed by atoms with Crippen LogP contribution in [0.15, 0.2) is 77.7 Å². The van der Waals surface area contributed by atoms with Gasteiger partial charge in [-0.1, -0.05) is 38.1 Å². The Kier molecular flexibility index (Phi) is 7.84. The van der Waals surface area contributed by atoms with Crippen LogP contribution in [0, 0.1) is 11.7 Å². The SMILES string of the molecule is CC(C)CN(Cc1ccc(OS(=O)(=O)c2cccc(C(F)(F)F)c2)cc1)C(=O)c1cccc(F)c1. The fraction of sp³-hybridized carbons (Fsp3) is 0.240. The predicted octanol–water partition coefficient (Wildman–Crippen LogP) is 5.91. The molecule has 3 aromatic carbocycles. The number of hydrogen-bond donors (Lipinski definition) is 0. The lowest BCUT2D eigenvalue weighted by Crippen LogP contribution is -2.33. The molecule has 0 bridgehead atoms. The van der Waals surface area contributed by atoms with E-state index in [1.165, 1.54) is 30.3 Å². The van der Waals surface area contributed by atoms with E-state index >= 15 is 0 Å². The van der Waals surface area contributed by atoms with Crippen LogP contribution in [-0.4, -0.2) is 25.8 Å². The Bertz CT molecular complexity index is 1290. The van der Waals surface area contributed by atoms with E-state index in [-0.39, 0.29) is 29.7 Å². The topological polar surface area (TPSA) is 63.7 Å². The highest BCUT2D eigenvalue weighted by Crippen LogP contribution is 2.31. The van der Waals surface area contributed by atoms with Gasteiger partial charge in [0.2, 0.25) is 0 Å². The Morgan fingerprint density at radius 1 is 0.971 bits per heavy atom. The smallest absolute Gasteiger partial charge is 0.379 e. The fourth-order valence-corrected chi connectivity index (χ4v) is 4.31. The average molecular weight is 510 g/mol. The Morgan fingerprint density at radius 3 is 2.23 bits per heavy atom. The lowest BCUT2D eigenvalue weighted by atomic mass is 10.1. The molecular weight excluding hydrogens is 486 g/mol. The summed E-state index contributed by atoms with van der Waals surface area (Å²) in [5.41, 5.74) is -0.247. The van der Waals surface area contributed by atoms with Crippen molar-refractivity contribution in [1.82, 2.24) is 4.90 Å². The Hall–Kier alpha value is -3.40. The summed E-state index contributed by atoms with van der Waals surface area (Å²) in [7, 11) is -4.50. The van der Waals surface area contributed by atoms with Crippen LogP contribution in [-0.2, 0) is 22.8 Å². The van der Waals surface area contributed by atoms with Crippen molar-refractivity contribution in [2.45, 2.75) is 31.5 Å². The molecule has 0 atom stereocenters. The van der Waals surface area contributed by atoms with E-state index in [4.69, 9.17) is 4.18 Å². The van der Waals surface area contributed by atoms with Crippen LogP contribution in [0.3, 0.4) is 0 Å². The van der Waals surface area contributed by atoms with Crippen LogP contribution < -0.4 is 4.18 Å². The van der Waals surface area contributed by atoms with Gasteiger partial charge in [0.1, 0.15) is 16.5 Å². The maximum Gasteiger partial charge on any atom is 0.416 e. The zero-order valence-corrected chi connectivity index (χ0v) is 19.7. The lowest BCUT2D eigenvalue weighted by Gasteiger charge is -2.25. The van der Waals surface area contributed by atoms with Crippen molar-refractivity contribution in [2.75, 3.05) is 6.54 Å². The molecule has 1 amide bonds. The number of benzene rings is 3. The van der Waals surface area contributed by atoms with Crippen molar-refractivity contribution >= 4 is 16.0 Å². The number of nitrogens with zero attached hydrogens (tertiary/aromatic N) is 1. The molecule has 0 aromatic heterocycles. The third kappa shape index (κ3) is 7.05. The summed E-state index contributed by atoms with van der Waals surface area (Å²) < 4.78 is 82.2. The van der Waals surface area contributed by atoms with E-state index in [2.05, 4.69) is 0 Å². The van der Waals surface area contributed by atoms with Gasteiger partial charge in [-0.25, -0.2) is 4.39 Å². The van der Waals surface area contributed by atoms with Crippen LogP contribution in [0.4, 0.5) is 17.6 Å². The Morgan fingerprint density at radius 2 is 1.63 bits per heavy atom. The monoisotopic (exact) mass is 509 g/mol. The second-order valence-corrected chi connectivity index (χ2v) is 9.84. The average Bonchev–Trinajstić information content (AvgIpc) is 2.78. The summed E-state index contributed by atoms with van der Waals surface area (Å²) in [4.78, 5) is 13.8. The number of carbonyl (C=O) groups is 1. The molecule has 0 radical (unpaired) electrons. The molecule has 186 valence electrons. The molecule has 0 aliphatic heterocycles. The first-order valence-electron chi connectivity index (χ1n) is 10.6. The molecule has 0 aliphatic carbocycles. The molecule has 10 heteroatoms. The maximum absolute atomic E-state index is 13.6. The van der Waals surface area contributed by atoms with E-state index in [1.54, 1.807) is 17.0 Å². The number of amides is 1. The van der Waals surface area contributed by atoms with E-state index < -0.39 is 32.6 Å². The van der Waals surface area contributed by atoms with Crippen molar-refractivity contribution in [3.8, 4) is 5.75 Å². The molecule has 3 rings (SSSR count). The highest BCUT2D eigenvalue weighted by Gasteiger charge is 2.32. The highest BCUT2D eigenvalue weighted by atomic mass is 32.2. The summed E-state index contributed by atoms with van der Waals surface area (Å²) in [6.45, 7) is 4.44. The Labute approximate surface area is 201 Å². The van der Waals surface area contributed by atoms with Gasteiger partial charge in [0.05, 0.1) is 5.56 Å². The first kappa shape index (κ1) is 26.2. The summed E-state index contributed by atoms with van der Waals surface area (Å²) in [5.74, 6) is -0.847. The van der Waals surface area contributed by atoms with Gasteiger partial charge in [-0.05, 0) is 60.0 Å². The first-order chi connectivity index (χ1) is 16.3. The van der Waals surface area contributed by atoms with Crippen LogP contribution in [0.2, 0.25) is 0 Å². The van der Waals surface area contributed by atoms with Crippen LogP contribution in [0.25, 0.3) is 0 Å². The minimum atomic E-state index is -4.70. The van der Waals surface area contributed by atoms with E-state index in [9.17, 15) is 30.8 Å². The normalized spacial score (nSPS) is 12.0. The van der Waals surface area contributed by atoms with Crippen molar-refractivity contribution in [1.29, 1.82) is 0 Å². The first-order valence-corrected chi connectivity index (χ1v) is 12.0. The number of alkyl halides is 3. The van der Waals surface area contributed by atoms with Gasteiger partial charge in [-0.3, -0.25) is 4.79 Å². The lowest BCUT2D eigenvalue weighted by molar-refractivity contribution is -0.137. The van der Waals surface area contributed by atoms with Crippen LogP contribution in [0.1, 0.15) is 35.3 Å². The van der Waals surface area contributed by atoms with Gasteiger partial charge < -0.3 is 9.08 Å². The quantitative estimate of drug-likeness (QED) is 0.280. The predicted molar refractivity (Wildman–Crippen MR) is 122 cm³/mol. The van der Waals surface area contributed by atoms with Gasteiger partial charge in [-0.2, -0.15) is 21.6 Å². The molecular formula is C25H23F4NO4S. The summed E-state index contributed by atoms with van der Waals surface area (Å²) in [6, 6.07) is 14.4. The minimum Gasteiger partial charge on any atom is -0.379 e. The van der Waals surface area contributed by atoms with Gasteiger partial charge in [0.25, 0.3) is 5.91 Å². The maximum atomic E-state index is 13.6.